The number of aromatic nitrogens is 3. The molecule has 0 unspecified atom stereocenters. The van der Waals surface area contributed by atoms with E-state index in [4.69, 9.17) is 10.5 Å². The van der Waals surface area contributed by atoms with Crippen molar-refractivity contribution in [3.8, 4) is 0 Å². The quantitative estimate of drug-likeness (QED) is 0.734. The summed E-state index contributed by atoms with van der Waals surface area (Å²) in [5, 5.41) is 8.37. The van der Waals surface area contributed by atoms with Gasteiger partial charge < -0.3 is 10.5 Å². The molecule has 0 saturated carbocycles. The van der Waals surface area contributed by atoms with E-state index in [1.54, 1.807) is 0 Å². The van der Waals surface area contributed by atoms with Crippen molar-refractivity contribution < 1.29 is 4.74 Å². The van der Waals surface area contributed by atoms with E-state index < -0.39 is 0 Å². The minimum absolute atomic E-state index is 0.389. The zero-order chi connectivity index (χ0) is 11.0. The Morgan fingerprint density at radius 3 is 2.94 bits per heavy atom. The maximum atomic E-state index is 5.79. The largest absolute Gasteiger partial charge is 0.399 e. The van der Waals surface area contributed by atoms with Crippen LogP contribution in [-0.4, -0.2) is 28.2 Å². The lowest BCUT2D eigenvalue weighted by Gasteiger charge is -2.22. The molecule has 0 amide bonds. The van der Waals surface area contributed by atoms with Gasteiger partial charge in [-0.2, -0.15) is 0 Å². The van der Waals surface area contributed by atoms with Crippen LogP contribution in [0.4, 0.5) is 5.69 Å². The summed E-state index contributed by atoms with van der Waals surface area (Å²) in [4.78, 5) is 0. The molecule has 0 spiro atoms. The number of nitrogens with zero attached hydrogens (tertiary/aromatic N) is 3. The molecule has 84 valence electrons. The molecule has 0 aliphatic carbocycles. The molecular formula is C11H14N4O. The van der Waals surface area contributed by atoms with Gasteiger partial charge in [-0.25, -0.2) is 4.68 Å². The van der Waals surface area contributed by atoms with Gasteiger partial charge in [-0.1, -0.05) is 5.21 Å². The molecule has 1 aromatic heterocycles. The number of fused-ring (bicyclic) bond motifs is 1. The zero-order valence-electron chi connectivity index (χ0n) is 8.97. The van der Waals surface area contributed by atoms with Crippen LogP contribution in [-0.2, 0) is 4.74 Å². The van der Waals surface area contributed by atoms with Crippen molar-refractivity contribution >= 4 is 16.7 Å². The summed E-state index contributed by atoms with van der Waals surface area (Å²) in [6.45, 7) is 1.60. The molecule has 2 heterocycles. The van der Waals surface area contributed by atoms with Crippen LogP contribution in [0.15, 0.2) is 18.2 Å². The molecule has 2 N–H and O–H groups in total. The van der Waals surface area contributed by atoms with Crippen molar-refractivity contribution in [2.75, 3.05) is 18.9 Å². The van der Waals surface area contributed by atoms with Gasteiger partial charge in [0.15, 0.2) is 0 Å². The van der Waals surface area contributed by atoms with Gasteiger partial charge in [0, 0.05) is 18.9 Å². The van der Waals surface area contributed by atoms with Crippen molar-refractivity contribution in [2.24, 2.45) is 0 Å². The molecule has 1 saturated heterocycles. The number of hydrogen-bond acceptors (Lipinski definition) is 4. The summed E-state index contributed by atoms with van der Waals surface area (Å²) < 4.78 is 7.33. The molecule has 16 heavy (non-hydrogen) atoms. The van der Waals surface area contributed by atoms with Crippen LogP contribution in [0, 0.1) is 0 Å². The Hall–Kier alpha value is -1.62. The first kappa shape index (κ1) is 9.59. The molecule has 5 nitrogen and oxygen atoms in total. The van der Waals surface area contributed by atoms with Crippen molar-refractivity contribution in [3.05, 3.63) is 18.2 Å². The van der Waals surface area contributed by atoms with Crippen LogP contribution in [0.3, 0.4) is 0 Å². The van der Waals surface area contributed by atoms with Crippen LogP contribution in [0.1, 0.15) is 18.9 Å². The van der Waals surface area contributed by atoms with Gasteiger partial charge in [-0.3, -0.25) is 0 Å². The van der Waals surface area contributed by atoms with E-state index in [9.17, 15) is 0 Å². The molecular weight excluding hydrogens is 204 g/mol. The lowest BCUT2D eigenvalue weighted by atomic mass is 10.1. The highest BCUT2D eigenvalue weighted by atomic mass is 16.5. The van der Waals surface area contributed by atoms with E-state index in [0.717, 1.165) is 42.8 Å². The maximum absolute atomic E-state index is 5.79. The number of nitrogens with two attached hydrogens (primary N) is 1. The SMILES string of the molecule is Nc1ccc2nnn(C3CCOCC3)c2c1. The van der Waals surface area contributed by atoms with Crippen LogP contribution < -0.4 is 5.73 Å². The summed E-state index contributed by atoms with van der Waals surface area (Å²) in [5.41, 5.74) is 8.46. The zero-order valence-corrected chi connectivity index (χ0v) is 8.97. The Balaban J connectivity index is 2.05. The monoisotopic (exact) mass is 218 g/mol. The summed E-state index contributed by atoms with van der Waals surface area (Å²) in [7, 11) is 0. The van der Waals surface area contributed by atoms with Crippen LogP contribution in [0.2, 0.25) is 0 Å². The first-order valence-corrected chi connectivity index (χ1v) is 5.53. The third-order valence-electron chi connectivity index (χ3n) is 3.03. The molecule has 5 heteroatoms. The first-order chi connectivity index (χ1) is 7.84. The van der Waals surface area contributed by atoms with Gasteiger partial charge in [0.2, 0.25) is 0 Å². The lowest BCUT2D eigenvalue weighted by molar-refractivity contribution is 0.0669. The van der Waals surface area contributed by atoms with E-state index >= 15 is 0 Å². The standard InChI is InChI=1S/C11H14N4O/c12-8-1-2-10-11(7-8)15(14-13-10)9-3-5-16-6-4-9/h1-2,7,9H,3-6,12H2. The fourth-order valence-corrected chi connectivity index (χ4v) is 2.15. The Labute approximate surface area is 93.2 Å². The molecule has 1 aromatic carbocycles. The lowest BCUT2D eigenvalue weighted by Crippen LogP contribution is -2.20. The van der Waals surface area contributed by atoms with Crippen molar-refractivity contribution in [2.45, 2.75) is 18.9 Å². The van der Waals surface area contributed by atoms with Gasteiger partial charge in [-0.05, 0) is 31.0 Å². The Morgan fingerprint density at radius 1 is 1.31 bits per heavy atom. The summed E-state index contributed by atoms with van der Waals surface area (Å²) >= 11 is 0. The molecule has 2 aromatic rings. The van der Waals surface area contributed by atoms with Gasteiger partial charge in [0.25, 0.3) is 0 Å². The second kappa shape index (κ2) is 3.75. The molecule has 1 aliphatic heterocycles. The molecule has 1 aliphatic rings. The number of benzene rings is 1. The molecule has 0 bridgehead atoms. The molecule has 0 radical (unpaired) electrons. The predicted octanol–water partition coefficient (Wildman–Crippen LogP) is 1.36. The average molecular weight is 218 g/mol. The topological polar surface area (TPSA) is 66.0 Å². The number of ether oxygens (including phenoxy) is 1. The van der Waals surface area contributed by atoms with Crippen molar-refractivity contribution in [1.82, 2.24) is 15.0 Å². The smallest absolute Gasteiger partial charge is 0.113 e. The third kappa shape index (κ3) is 1.53. The Kier molecular flexibility index (Phi) is 2.25. The first-order valence-electron chi connectivity index (χ1n) is 5.53. The highest BCUT2D eigenvalue weighted by Crippen LogP contribution is 2.24. The minimum Gasteiger partial charge on any atom is -0.399 e. The number of rotatable bonds is 1. The van der Waals surface area contributed by atoms with E-state index in [1.165, 1.54) is 0 Å². The molecule has 3 rings (SSSR count). The normalized spacial score (nSPS) is 18.0. The summed E-state index contributed by atoms with van der Waals surface area (Å²) in [6.07, 6.45) is 1.99. The fourth-order valence-electron chi connectivity index (χ4n) is 2.15. The predicted molar refractivity (Wildman–Crippen MR) is 61.0 cm³/mol. The van der Waals surface area contributed by atoms with Crippen LogP contribution in [0.25, 0.3) is 11.0 Å². The molecule has 0 atom stereocenters. The second-order valence-corrected chi connectivity index (χ2v) is 4.13. The van der Waals surface area contributed by atoms with Crippen LogP contribution in [0.5, 0.6) is 0 Å². The van der Waals surface area contributed by atoms with Crippen molar-refractivity contribution in [3.63, 3.8) is 0 Å². The fraction of sp³-hybridized carbons (Fsp3) is 0.455. The maximum Gasteiger partial charge on any atom is 0.113 e. The summed E-state index contributed by atoms with van der Waals surface area (Å²) in [6, 6.07) is 6.09. The average Bonchev–Trinajstić information content (AvgIpc) is 2.73. The Bertz CT molecular complexity index is 502. The van der Waals surface area contributed by atoms with Gasteiger partial charge in [0.1, 0.15) is 5.52 Å². The second-order valence-electron chi connectivity index (χ2n) is 4.13. The molecule has 1 fully saturated rings. The van der Waals surface area contributed by atoms with E-state index in [2.05, 4.69) is 10.3 Å². The van der Waals surface area contributed by atoms with Gasteiger partial charge in [-0.15, -0.1) is 5.10 Å². The third-order valence-corrected chi connectivity index (χ3v) is 3.03. The highest BCUT2D eigenvalue weighted by Gasteiger charge is 2.18. The highest BCUT2D eigenvalue weighted by molar-refractivity contribution is 5.78. The van der Waals surface area contributed by atoms with Gasteiger partial charge >= 0.3 is 0 Å². The van der Waals surface area contributed by atoms with Crippen molar-refractivity contribution in [1.29, 1.82) is 0 Å². The minimum atomic E-state index is 0.389. The van der Waals surface area contributed by atoms with Gasteiger partial charge in [0.05, 0.1) is 11.6 Å². The van der Waals surface area contributed by atoms with E-state index in [0.29, 0.717) is 6.04 Å². The summed E-state index contributed by atoms with van der Waals surface area (Å²) in [5.74, 6) is 0. The number of hydrogen-bond donors (Lipinski definition) is 1. The van der Waals surface area contributed by atoms with Crippen LogP contribution >= 0.6 is 0 Å². The van der Waals surface area contributed by atoms with E-state index in [-0.39, 0.29) is 0 Å². The number of anilines is 1. The number of nitrogen functional groups attached to an aromatic ring is 1. The van der Waals surface area contributed by atoms with E-state index in [1.807, 2.05) is 22.9 Å². The Morgan fingerprint density at radius 2 is 2.12 bits per heavy atom.